The van der Waals surface area contributed by atoms with Crippen molar-refractivity contribution in [3.63, 3.8) is 0 Å². The lowest BCUT2D eigenvalue weighted by Gasteiger charge is -2.05. The molecule has 0 bridgehead atoms. The molecule has 0 heterocycles. The van der Waals surface area contributed by atoms with Gasteiger partial charge in [0.15, 0.2) is 0 Å². The van der Waals surface area contributed by atoms with E-state index >= 15 is 0 Å². The van der Waals surface area contributed by atoms with Crippen molar-refractivity contribution in [2.45, 2.75) is 78.6 Å². The number of hydrogen-bond donors (Lipinski definition) is 0. The highest BCUT2D eigenvalue weighted by Gasteiger charge is 2.10. The maximum atomic E-state index is 3.46. The first-order valence-corrected chi connectivity index (χ1v) is 27.7. The zero-order valence-electron chi connectivity index (χ0n) is 26.5. The van der Waals surface area contributed by atoms with Crippen LogP contribution in [0, 0.1) is 69.5 Å². The van der Waals surface area contributed by atoms with Gasteiger partial charge in [-0.1, -0.05) is 114 Å². The Hall–Kier alpha value is -3.33. The van der Waals surface area contributed by atoms with Gasteiger partial charge in [0, 0.05) is 33.4 Å². The first-order valence-electron chi connectivity index (χ1n) is 13.7. The Labute approximate surface area is 249 Å². The summed E-state index contributed by atoms with van der Waals surface area (Å²) in [6.45, 7) is 27.0. The molecule has 0 aliphatic carbocycles. The molecular formula is C36H42Si4. The van der Waals surface area contributed by atoms with E-state index in [2.05, 4.69) is 160 Å². The van der Waals surface area contributed by atoms with Crippen molar-refractivity contribution in [1.29, 1.82) is 0 Å². The molecule has 0 radical (unpaired) electrons. The first-order chi connectivity index (χ1) is 18.3. The van der Waals surface area contributed by atoms with Gasteiger partial charge in [-0.25, -0.2) is 0 Å². The van der Waals surface area contributed by atoms with Crippen molar-refractivity contribution in [1.82, 2.24) is 0 Å². The van der Waals surface area contributed by atoms with Crippen molar-refractivity contribution >= 4 is 32.3 Å². The van der Waals surface area contributed by atoms with E-state index in [4.69, 9.17) is 0 Å². The topological polar surface area (TPSA) is 0 Å². The lowest BCUT2D eigenvalue weighted by Crippen LogP contribution is -2.16. The van der Waals surface area contributed by atoms with Gasteiger partial charge >= 0.3 is 0 Å². The van der Waals surface area contributed by atoms with E-state index in [9.17, 15) is 0 Å². The van der Waals surface area contributed by atoms with Crippen LogP contribution < -0.4 is 0 Å². The summed E-state index contributed by atoms with van der Waals surface area (Å²) in [5, 5.41) is 0. The fraction of sp³-hybridized carbons (Fsp3) is 0.333. The summed E-state index contributed by atoms with van der Waals surface area (Å²) in [5.41, 5.74) is 19.4. The van der Waals surface area contributed by atoms with Crippen molar-refractivity contribution in [2.24, 2.45) is 0 Å². The summed E-state index contributed by atoms with van der Waals surface area (Å²) in [7, 11) is -5.99. The van der Waals surface area contributed by atoms with Gasteiger partial charge in [-0.05, 0) is 48.2 Å². The molecule has 0 aliphatic heterocycles. The molecular weight excluding hydrogens is 545 g/mol. The summed E-state index contributed by atoms with van der Waals surface area (Å²) in [4.78, 5) is 0. The SMILES string of the molecule is C[Si](C)(C)C#Cc1cc(C#CC#Cc2cc(C#C[Si](C)(C)C)cc(C#C[Si](C)(C)C)c2)cc(C#C[Si](C)(C)C)c1. The predicted molar refractivity (Wildman–Crippen MR) is 188 cm³/mol. The second-order valence-corrected chi connectivity index (χ2v) is 33.1. The minimum Gasteiger partial charge on any atom is -0.127 e. The van der Waals surface area contributed by atoms with Gasteiger partial charge in [-0.2, -0.15) is 0 Å². The van der Waals surface area contributed by atoms with Crippen molar-refractivity contribution < 1.29 is 0 Å². The second-order valence-electron chi connectivity index (χ2n) is 14.1. The van der Waals surface area contributed by atoms with Crippen LogP contribution in [-0.4, -0.2) is 32.3 Å². The standard InChI is InChI=1S/C36H42Si4/c1-37(2,3)21-17-33-25-31(26-34(29-33)18-22-38(4,5)6)15-13-14-16-32-27-35(19-23-39(7,8)9)30-36(28-32)20-24-40(10,11)12/h25-30H,1-12H3. The molecule has 0 saturated carbocycles. The van der Waals surface area contributed by atoms with Gasteiger partial charge in [0.05, 0.1) is 0 Å². The summed E-state index contributed by atoms with van der Waals surface area (Å²) in [6.07, 6.45) is 0. The van der Waals surface area contributed by atoms with Crippen LogP contribution in [0.25, 0.3) is 0 Å². The normalized spacial score (nSPS) is 10.8. The Morgan fingerprint density at radius 3 is 0.650 bits per heavy atom. The van der Waals surface area contributed by atoms with Gasteiger partial charge < -0.3 is 0 Å². The third kappa shape index (κ3) is 14.7. The molecule has 202 valence electrons. The number of benzene rings is 2. The van der Waals surface area contributed by atoms with Crippen molar-refractivity contribution in [3.05, 3.63) is 69.8 Å². The van der Waals surface area contributed by atoms with Crippen molar-refractivity contribution in [3.8, 4) is 69.5 Å². The smallest absolute Gasteiger partial charge is 0.127 e. The third-order valence-electron chi connectivity index (χ3n) is 4.67. The monoisotopic (exact) mass is 586 g/mol. The summed E-state index contributed by atoms with van der Waals surface area (Å²) in [5.74, 6) is 26.0. The highest BCUT2D eigenvalue weighted by molar-refractivity contribution is 6.85. The van der Waals surface area contributed by atoms with E-state index in [-0.39, 0.29) is 0 Å². The Bertz CT molecular complexity index is 1410. The van der Waals surface area contributed by atoms with Crippen LogP contribution in [0.15, 0.2) is 36.4 Å². The molecule has 0 atom stereocenters. The second kappa shape index (κ2) is 13.3. The average Bonchev–Trinajstić information content (AvgIpc) is 2.80. The van der Waals surface area contributed by atoms with Crippen LogP contribution in [0.4, 0.5) is 0 Å². The molecule has 40 heavy (non-hydrogen) atoms. The largest absolute Gasteiger partial charge is 0.129 e. The molecule has 0 aliphatic rings. The minimum atomic E-state index is -1.50. The average molecular weight is 587 g/mol. The molecule has 0 fully saturated rings. The summed E-state index contributed by atoms with van der Waals surface area (Å²) >= 11 is 0. The Morgan fingerprint density at radius 2 is 0.475 bits per heavy atom. The summed E-state index contributed by atoms with van der Waals surface area (Å²) in [6, 6.07) is 12.3. The quantitative estimate of drug-likeness (QED) is 0.217. The van der Waals surface area contributed by atoms with Gasteiger partial charge in [-0.3, -0.25) is 0 Å². The zero-order chi connectivity index (χ0) is 30.2. The zero-order valence-corrected chi connectivity index (χ0v) is 30.5. The van der Waals surface area contributed by atoms with Crippen LogP contribution in [0.5, 0.6) is 0 Å². The number of hydrogen-bond acceptors (Lipinski definition) is 0. The number of rotatable bonds is 0. The molecule has 0 unspecified atom stereocenters. The van der Waals surface area contributed by atoms with Gasteiger partial charge in [0.25, 0.3) is 0 Å². The van der Waals surface area contributed by atoms with Crippen LogP contribution in [-0.2, 0) is 0 Å². The Balaban J connectivity index is 2.53. The van der Waals surface area contributed by atoms with E-state index in [1.54, 1.807) is 0 Å². The van der Waals surface area contributed by atoms with E-state index in [0.29, 0.717) is 0 Å². The maximum absolute atomic E-state index is 3.46. The van der Waals surface area contributed by atoms with E-state index in [1.165, 1.54) is 0 Å². The molecule has 0 spiro atoms. The highest BCUT2D eigenvalue weighted by atomic mass is 28.3. The van der Waals surface area contributed by atoms with Crippen LogP contribution in [0.3, 0.4) is 0 Å². The molecule has 0 amide bonds. The molecule has 0 saturated heterocycles. The molecule has 0 aromatic heterocycles. The maximum Gasteiger partial charge on any atom is 0.129 e. The Kier molecular flexibility index (Phi) is 11.0. The first kappa shape index (κ1) is 32.9. The van der Waals surface area contributed by atoms with Gasteiger partial charge in [0.2, 0.25) is 0 Å². The molecule has 2 rings (SSSR count). The third-order valence-corrected chi connectivity index (χ3v) is 8.17. The lowest BCUT2D eigenvalue weighted by molar-refractivity contribution is 1.55. The minimum absolute atomic E-state index is 0.882. The molecule has 2 aromatic carbocycles. The molecule has 0 nitrogen and oxygen atoms in total. The molecule has 4 heteroatoms. The van der Waals surface area contributed by atoms with Crippen LogP contribution in [0.1, 0.15) is 33.4 Å². The summed E-state index contributed by atoms with van der Waals surface area (Å²) < 4.78 is 0. The van der Waals surface area contributed by atoms with E-state index in [1.807, 2.05) is 24.3 Å². The van der Waals surface area contributed by atoms with Gasteiger partial charge in [-0.15, -0.1) is 22.2 Å². The molecule has 0 N–H and O–H groups in total. The molecule has 2 aromatic rings. The fourth-order valence-electron chi connectivity index (χ4n) is 2.93. The fourth-order valence-corrected chi connectivity index (χ4v) is 5.01. The highest BCUT2D eigenvalue weighted by Crippen LogP contribution is 2.12. The van der Waals surface area contributed by atoms with E-state index < -0.39 is 32.3 Å². The predicted octanol–water partition coefficient (Wildman–Crippen LogP) is 8.01. The van der Waals surface area contributed by atoms with Crippen molar-refractivity contribution in [2.75, 3.05) is 0 Å². The Morgan fingerprint density at radius 1 is 0.300 bits per heavy atom. The van der Waals surface area contributed by atoms with Crippen LogP contribution in [0.2, 0.25) is 78.6 Å². The van der Waals surface area contributed by atoms with Gasteiger partial charge in [0.1, 0.15) is 32.3 Å². The lowest BCUT2D eigenvalue weighted by atomic mass is 10.1. The van der Waals surface area contributed by atoms with E-state index in [0.717, 1.165) is 33.4 Å². The van der Waals surface area contributed by atoms with Crippen LogP contribution >= 0.6 is 0 Å².